The van der Waals surface area contributed by atoms with Crippen LogP contribution in [0.15, 0.2) is 30.9 Å². The summed E-state index contributed by atoms with van der Waals surface area (Å²) in [6, 6.07) is 7.59. The smallest absolute Gasteiger partial charge is 0.120 e. The van der Waals surface area contributed by atoms with E-state index in [4.69, 9.17) is 4.74 Å². The molecular formula is C20H27NO. The van der Waals surface area contributed by atoms with Crippen LogP contribution in [-0.2, 0) is 11.8 Å². The molecule has 4 rings (SSSR count). The van der Waals surface area contributed by atoms with Crippen molar-refractivity contribution in [2.24, 2.45) is 5.92 Å². The van der Waals surface area contributed by atoms with Crippen molar-refractivity contribution < 1.29 is 4.74 Å². The fourth-order valence-corrected chi connectivity index (χ4v) is 5.42. The molecule has 1 aromatic rings. The van der Waals surface area contributed by atoms with Crippen molar-refractivity contribution in [3.8, 4) is 5.75 Å². The van der Waals surface area contributed by atoms with Crippen LogP contribution in [0.1, 0.15) is 43.2 Å². The Bertz CT molecular complexity index is 581. The predicted molar refractivity (Wildman–Crippen MR) is 90.5 cm³/mol. The zero-order valence-electron chi connectivity index (χ0n) is 13.7. The first kappa shape index (κ1) is 14.3. The van der Waals surface area contributed by atoms with Gasteiger partial charge >= 0.3 is 0 Å². The first-order valence-corrected chi connectivity index (χ1v) is 8.82. The van der Waals surface area contributed by atoms with Gasteiger partial charge < -0.3 is 9.64 Å². The third-order valence-electron chi connectivity index (χ3n) is 6.45. The molecule has 3 aliphatic rings. The van der Waals surface area contributed by atoms with Crippen molar-refractivity contribution in [2.75, 3.05) is 20.2 Å². The molecule has 1 heterocycles. The van der Waals surface area contributed by atoms with E-state index in [1.165, 1.54) is 45.1 Å². The molecule has 0 N–H and O–H groups in total. The van der Waals surface area contributed by atoms with E-state index in [1.54, 1.807) is 11.1 Å². The van der Waals surface area contributed by atoms with Crippen molar-refractivity contribution in [3.05, 3.63) is 42.0 Å². The molecule has 2 heteroatoms. The number of hydrogen-bond donors (Lipinski definition) is 0. The van der Waals surface area contributed by atoms with E-state index in [-0.39, 0.29) is 0 Å². The van der Waals surface area contributed by atoms with Gasteiger partial charge in [0, 0.05) is 11.5 Å². The van der Waals surface area contributed by atoms with Crippen LogP contribution < -0.4 is 4.74 Å². The van der Waals surface area contributed by atoms with E-state index < -0.39 is 0 Å². The Labute approximate surface area is 134 Å². The van der Waals surface area contributed by atoms with Gasteiger partial charge in [0.05, 0.1) is 0 Å². The average molecular weight is 297 g/mol. The van der Waals surface area contributed by atoms with E-state index in [1.807, 2.05) is 6.08 Å². The van der Waals surface area contributed by atoms with Crippen LogP contribution in [0.2, 0.25) is 0 Å². The maximum Gasteiger partial charge on any atom is 0.120 e. The van der Waals surface area contributed by atoms with Crippen molar-refractivity contribution in [1.29, 1.82) is 0 Å². The molecule has 118 valence electrons. The van der Waals surface area contributed by atoms with Gasteiger partial charge in [-0.1, -0.05) is 31.6 Å². The lowest BCUT2D eigenvalue weighted by Gasteiger charge is -2.58. The summed E-state index contributed by atoms with van der Waals surface area (Å²) < 4.78 is 5.83. The zero-order valence-corrected chi connectivity index (χ0v) is 13.7. The number of nitrogens with zero attached hydrogens (tertiary/aromatic N) is 1. The minimum atomic E-state index is 0.427. The molecule has 1 aliphatic heterocycles. The zero-order chi connectivity index (χ0) is 15.2. The highest BCUT2D eigenvalue weighted by Crippen LogP contribution is 2.55. The second-order valence-corrected chi connectivity index (χ2v) is 7.43. The maximum atomic E-state index is 5.83. The highest BCUT2D eigenvalue weighted by Gasteiger charge is 2.53. The van der Waals surface area contributed by atoms with Gasteiger partial charge in [0.25, 0.3) is 0 Å². The molecule has 0 aromatic heterocycles. The van der Waals surface area contributed by atoms with Crippen molar-refractivity contribution in [2.45, 2.75) is 50.0 Å². The van der Waals surface area contributed by atoms with E-state index in [2.05, 4.69) is 36.7 Å². The minimum Gasteiger partial charge on any atom is -0.490 e. The Morgan fingerprint density at radius 3 is 3.14 bits per heavy atom. The van der Waals surface area contributed by atoms with E-state index in [0.717, 1.165) is 17.7 Å². The molecule has 1 aromatic carbocycles. The van der Waals surface area contributed by atoms with Gasteiger partial charge in [0.1, 0.15) is 12.4 Å². The monoisotopic (exact) mass is 297 g/mol. The van der Waals surface area contributed by atoms with Gasteiger partial charge in [-0.05, 0) is 68.5 Å². The highest BCUT2D eigenvalue weighted by molar-refractivity contribution is 5.45. The Balaban J connectivity index is 1.78. The summed E-state index contributed by atoms with van der Waals surface area (Å²) in [6.07, 6.45) is 9.96. The third-order valence-corrected chi connectivity index (χ3v) is 6.45. The van der Waals surface area contributed by atoms with Gasteiger partial charge in [-0.15, -0.1) is 0 Å². The lowest BCUT2D eigenvalue weighted by molar-refractivity contribution is 0.00272. The van der Waals surface area contributed by atoms with Crippen LogP contribution >= 0.6 is 0 Å². The maximum absolute atomic E-state index is 5.83. The second kappa shape index (κ2) is 5.42. The largest absolute Gasteiger partial charge is 0.490 e. The molecule has 0 spiro atoms. The van der Waals surface area contributed by atoms with Crippen LogP contribution in [-0.4, -0.2) is 31.1 Å². The standard InChI is InChI=1S/C20H27NO/c1-3-12-22-16-8-7-15-13-19-17-6-4-5-9-20(17,18(15)14-16)10-11-21(19)2/h3,7-8,14,17,19H,1,4-6,9-13H2,2H3/t17-,19+,20+/m1/s1. The number of likely N-dealkylation sites (tertiary alicyclic amines) is 1. The summed E-state index contributed by atoms with van der Waals surface area (Å²) in [4.78, 5) is 2.62. The summed E-state index contributed by atoms with van der Waals surface area (Å²) >= 11 is 0. The lowest BCUT2D eigenvalue weighted by Crippen LogP contribution is -2.59. The van der Waals surface area contributed by atoms with Crippen molar-refractivity contribution >= 4 is 0 Å². The van der Waals surface area contributed by atoms with E-state index >= 15 is 0 Å². The summed E-state index contributed by atoms with van der Waals surface area (Å²) in [5.74, 6) is 1.87. The molecule has 2 fully saturated rings. The lowest BCUT2D eigenvalue weighted by atomic mass is 9.52. The molecule has 2 aliphatic carbocycles. The summed E-state index contributed by atoms with van der Waals surface area (Å²) in [5, 5.41) is 0. The highest BCUT2D eigenvalue weighted by atomic mass is 16.5. The summed E-state index contributed by atoms with van der Waals surface area (Å²) in [7, 11) is 2.33. The molecule has 0 unspecified atom stereocenters. The second-order valence-electron chi connectivity index (χ2n) is 7.43. The minimum absolute atomic E-state index is 0.427. The van der Waals surface area contributed by atoms with E-state index in [0.29, 0.717) is 12.0 Å². The molecule has 22 heavy (non-hydrogen) atoms. The number of benzene rings is 1. The summed E-state index contributed by atoms with van der Waals surface area (Å²) in [5.41, 5.74) is 3.61. The quantitative estimate of drug-likeness (QED) is 0.784. The molecule has 0 radical (unpaired) electrons. The van der Waals surface area contributed by atoms with Crippen LogP contribution in [0.4, 0.5) is 0 Å². The fraction of sp³-hybridized carbons (Fsp3) is 0.600. The molecule has 2 nitrogen and oxygen atoms in total. The van der Waals surface area contributed by atoms with Gasteiger partial charge in [-0.25, -0.2) is 0 Å². The normalized spacial score (nSPS) is 33.7. The Hall–Kier alpha value is -1.28. The number of rotatable bonds is 3. The molecule has 1 saturated carbocycles. The SMILES string of the molecule is C=CCOc1ccc2c(c1)[C@]13CCCC[C@@H]1[C@H](C2)N(C)CC3. The Morgan fingerprint density at radius 1 is 1.36 bits per heavy atom. The van der Waals surface area contributed by atoms with Crippen LogP contribution in [0.5, 0.6) is 5.75 Å². The fourth-order valence-electron chi connectivity index (χ4n) is 5.42. The molecule has 2 bridgehead atoms. The molecular weight excluding hydrogens is 270 g/mol. The number of hydrogen-bond acceptors (Lipinski definition) is 2. The van der Waals surface area contributed by atoms with Gasteiger partial charge in [0.15, 0.2) is 0 Å². The Morgan fingerprint density at radius 2 is 2.27 bits per heavy atom. The number of fused-ring (bicyclic) bond motifs is 1. The van der Waals surface area contributed by atoms with Crippen LogP contribution in [0.25, 0.3) is 0 Å². The first-order valence-electron chi connectivity index (χ1n) is 8.82. The number of ether oxygens (including phenoxy) is 1. The number of likely N-dealkylation sites (N-methyl/N-ethyl adjacent to an activating group) is 1. The topological polar surface area (TPSA) is 12.5 Å². The molecule has 0 amide bonds. The van der Waals surface area contributed by atoms with Crippen molar-refractivity contribution in [3.63, 3.8) is 0 Å². The van der Waals surface area contributed by atoms with E-state index in [9.17, 15) is 0 Å². The van der Waals surface area contributed by atoms with Gasteiger partial charge in [-0.3, -0.25) is 0 Å². The van der Waals surface area contributed by atoms with Crippen molar-refractivity contribution in [1.82, 2.24) is 4.90 Å². The first-order chi connectivity index (χ1) is 10.7. The van der Waals surface area contributed by atoms with Crippen LogP contribution in [0.3, 0.4) is 0 Å². The van der Waals surface area contributed by atoms with Gasteiger partial charge in [-0.2, -0.15) is 0 Å². The Kier molecular flexibility index (Phi) is 3.53. The van der Waals surface area contributed by atoms with Gasteiger partial charge in [0.2, 0.25) is 0 Å². The predicted octanol–water partition coefficient (Wildman–Crippen LogP) is 3.94. The summed E-state index contributed by atoms with van der Waals surface area (Å²) in [6.45, 7) is 5.60. The molecule has 3 atom stereocenters. The average Bonchev–Trinajstić information content (AvgIpc) is 2.56. The number of piperidine rings is 1. The van der Waals surface area contributed by atoms with Crippen LogP contribution in [0, 0.1) is 5.92 Å². The third kappa shape index (κ3) is 2.04. The molecule has 1 saturated heterocycles.